The zero-order valence-electron chi connectivity index (χ0n) is 12.4. The molecule has 0 heterocycles. The Morgan fingerprint density at radius 3 is 2.19 bits per heavy atom. The van der Waals surface area contributed by atoms with Crippen LogP contribution >= 0.6 is 0 Å². The molecular weight excluding hydrogens is 196 g/mol. The maximum atomic E-state index is 3.44. The van der Waals surface area contributed by atoms with Gasteiger partial charge in [-0.2, -0.15) is 0 Å². The van der Waals surface area contributed by atoms with E-state index < -0.39 is 0 Å². The molecule has 0 bridgehead atoms. The van der Waals surface area contributed by atoms with Gasteiger partial charge in [-0.05, 0) is 38.4 Å². The van der Waals surface area contributed by atoms with Crippen LogP contribution in [0, 0.1) is 11.3 Å². The van der Waals surface area contributed by atoms with Crippen LogP contribution in [0.1, 0.15) is 47.5 Å². The van der Waals surface area contributed by atoms with E-state index in [4.69, 9.17) is 0 Å². The lowest BCUT2D eigenvalue weighted by molar-refractivity contribution is 0.216. The first-order valence-corrected chi connectivity index (χ1v) is 6.67. The van der Waals surface area contributed by atoms with Crippen LogP contribution < -0.4 is 5.32 Å². The average Bonchev–Trinajstić information content (AvgIpc) is 2.16. The Bertz CT molecular complexity index is 172. The zero-order valence-corrected chi connectivity index (χ0v) is 12.4. The Labute approximate surface area is 103 Å². The van der Waals surface area contributed by atoms with Gasteiger partial charge < -0.3 is 10.2 Å². The third kappa shape index (κ3) is 6.49. The van der Waals surface area contributed by atoms with E-state index in [1.165, 1.54) is 25.9 Å². The summed E-state index contributed by atoms with van der Waals surface area (Å²) in [4.78, 5) is 2.46. The third-order valence-electron chi connectivity index (χ3n) is 3.51. The second-order valence-electron chi connectivity index (χ2n) is 6.27. The molecule has 98 valence electrons. The van der Waals surface area contributed by atoms with Crippen LogP contribution in [0.5, 0.6) is 0 Å². The van der Waals surface area contributed by atoms with E-state index in [1.807, 2.05) is 0 Å². The lowest BCUT2D eigenvalue weighted by Crippen LogP contribution is -2.41. The monoisotopic (exact) mass is 228 g/mol. The molecule has 0 rings (SSSR count). The number of hydrogen-bond donors (Lipinski definition) is 1. The number of nitrogens with one attached hydrogen (secondary N) is 1. The van der Waals surface area contributed by atoms with Gasteiger partial charge in [0.1, 0.15) is 0 Å². The molecule has 0 fully saturated rings. The van der Waals surface area contributed by atoms with Gasteiger partial charge in [0.2, 0.25) is 0 Å². The SMILES string of the molecule is CCC(C)CN(C)CCC(NC)C(C)(C)C. The van der Waals surface area contributed by atoms with Gasteiger partial charge in [0.15, 0.2) is 0 Å². The smallest absolute Gasteiger partial charge is 0.0125 e. The normalized spacial score (nSPS) is 16.5. The highest BCUT2D eigenvalue weighted by molar-refractivity contribution is 4.80. The number of hydrogen-bond acceptors (Lipinski definition) is 2. The van der Waals surface area contributed by atoms with Crippen molar-refractivity contribution in [3.63, 3.8) is 0 Å². The minimum absolute atomic E-state index is 0.353. The van der Waals surface area contributed by atoms with Gasteiger partial charge >= 0.3 is 0 Å². The zero-order chi connectivity index (χ0) is 12.8. The van der Waals surface area contributed by atoms with Gasteiger partial charge in [-0.25, -0.2) is 0 Å². The quantitative estimate of drug-likeness (QED) is 0.720. The van der Waals surface area contributed by atoms with Crippen molar-refractivity contribution in [3.05, 3.63) is 0 Å². The summed E-state index contributed by atoms with van der Waals surface area (Å²) in [5.74, 6) is 0.813. The summed E-state index contributed by atoms with van der Waals surface area (Å²) in [6.07, 6.45) is 2.51. The molecular formula is C14H32N2. The molecule has 0 aliphatic rings. The van der Waals surface area contributed by atoms with E-state index in [0.29, 0.717) is 11.5 Å². The van der Waals surface area contributed by atoms with Crippen LogP contribution in [0.2, 0.25) is 0 Å². The second-order valence-corrected chi connectivity index (χ2v) is 6.27. The summed E-state index contributed by atoms with van der Waals surface area (Å²) in [6.45, 7) is 13.9. The fourth-order valence-corrected chi connectivity index (χ4v) is 2.11. The standard InChI is InChI=1S/C14H32N2/c1-8-12(2)11-16(7)10-9-13(15-6)14(3,4)5/h12-13,15H,8-11H2,1-7H3. The van der Waals surface area contributed by atoms with E-state index in [-0.39, 0.29) is 0 Å². The van der Waals surface area contributed by atoms with Crippen molar-refractivity contribution < 1.29 is 0 Å². The van der Waals surface area contributed by atoms with Gasteiger partial charge in [-0.1, -0.05) is 41.0 Å². The molecule has 2 nitrogen and oxygen atoms in total. The Morgan fingerprint density at radius 1 is 1.25 bits per heavy atom. The van der Waals surface area contributed by atoms with Crippen LogP contribution in [-0.2, 0) is 0 Å². The highest BCUT2D eigenvalue weighted by Crippen LogP contribution is 2.21. The molecule has 0 saturated carbocycles. The summed E-state index contributed by atoms with van der Waals surface area (Å²) < 4.78 is 0. The highest BCUT2D eigenvalue weighted by atomic mass is 15.1. The van der Waals surface area contributed by atoms with E-state index in [9.17, 15) is 0 Å². The van der Waals surface area contributed by atoms with Gasteiger partial charge in [0.25, 0.3) is 0 Å². The fraction of sp³-hybridized carbons (Fsp3) is 1.00. The molecule has 0 spiro atoms. The first-order valence-electron chi connectivity index (χ1n) is 6.67. The van der Waals surface area contributed by atoms with Crippen molar-refractivity contribution in [2.75, 3.05) is 27.2 Å². The van der Waals surface area contributed by atoms with Crippen molar-refractivity contribution >= 4 is 0 Å². The van der Waals surface area contributed by atoms with Gasteiger partial charge in [0.05, 0.1) is 0 Å². The van der Waals surface area contributed by atoms with E-state index in [1.54, 1.807) is 0 Å². The van der Waals surface area contributed by atoms with Crippen LogP contribution in [0.4, 0.5) is 0 Å². The Kier molecular flexibility index (Phi) is 7.25. The Morgan fingerprint density at radius 2 is 1.81 bits per heavy atom. The van der Waals surface area contributed by atoms with E-state index in [0.717, 1.165) is 5.92 Å². The molecule has 2 atom stereocenters. The van der Waals surface area contributed by atoms with Crippen molar-refractivity contribution in [3.8, 4) is 0 Å². The molecule has 2 heteroatoms. The Balaban J connectivity index is 3.93. The van der Waals surface area contributed by atoms with Crippen molar-refractivity contribution in [1.82, 2.24) is 10.2 Å². The summed E-state index contributed by atoms with van der Waals surface area (Å²) in [5.41, 5.74) is 0.353. The van der Waals surface area contributed by atoms with Crippen LogP contribution in [0.15, 0.2) is 0 Å². The third-order valence-corrected chi connectivity index (χ3v) is 3.51. The van der Waals surface area contributed by atoms with Crippen molar-refractivity contribution in [2.24, 2.45) is 11.3 Å². The van der Waals surface area contributed by atoms with Crippen molar-refractivity contribution in [1.29, 1.82) is 0 Å². The van der Waals surface area contributed by atoms with E-state index in [2.05, 4.69) is 58.9 Å². The first kappa shape index (κ1) is 15.9. The molecule has 0 aliphatic carbocycles. The lowest BCUT2D eigenvalue weighted by atomic mass is 9.85. The molecule has 0 radical (unpaired) electrons. The summed E-state index contributed by atoms with van der Waals surface area (Å²) in [6, 6.07) is 0.604. The predicted octanol–water partition coefficient (Wildman–Crippen LogP) is 2.99. The minimum atomic E-state index is 0.353. The molecule has 1 N–H and O–H groups in total. The molecule has 2 unspecified atom stereocenters. The molecule has 0 aromatic heterocycles. The maximum Gasteiger partial charge on any atom is 0.0125 e. The molecule has 0 aromatic carbocycles. The fourth-order valence-electron chi connectivity index (χ4n) is 2.11. The largest absolute Gasteiger partial charge is 0.316 e. The topological polar surface area (TPSA) is 15.3 Å². The number of nitrogens with zero attached hydrogens (tertiary/aromatic N) is 1. The summed E-state index contributed by atoms with van der Waals surface area (Å²) in [5, 5.41) is 3.44. The number of rotatable bonds is 7. The predicted molar refractivity (Wildman–Crippen MR) is 73.9 cm³/mol. The van der Waals surface area contributed by atoms with Crippen LogP contribution in [0.25, 0.3) is 0 Å². The molecule has 0 aliphatic heterocycles. The molecule has 0 amide bonds. The minimum Gasteiger partial charge on any atom is -0.316 e. The molecule has 16 heavy (non-hydrogen) atoms. The summed E-state index contributed by atoms with van der Waals surface area (Å²) >= 11 is 0. The second kappa shape index (κ2) is 7.29. The van der Waals surface area contributed by atoms with Crippen LogP contribution in [-0.4, -0.2) is 38.1 Å². The van der Waals surface area contributed by atoms with Crippen molar-refractivity contribution in [2.45, 2.75) is 53.5 Å². The lowest BCUT2D eigenvalue weighted by Gasteiger charge is -2.32. The Hall–Kier alpha value is -0.0800. The highest BCUT2D eigenvalue weighted by Gasteiger charge is 2.22. The molecule has 0 aromatic rings. The van der Waals surface area contributed by atoms with Gasteiger partial charge in [0, 0.05) is 12.6 Å². The van der Waals surface area contributed by atoms with Gasteiger partial charge in [-0.3, -0.25) is 0 Å². The first-order chi connectivity index (χ1) is 7.31. The maximum absolute atomic E-state index is 3.44. The summed E-state index contributed by atoms with van der Waals surface area (Å²) in [7, 11) is 4.31. The van der Waals surface area contributed by atoms with Crippen LogP contribution in [0.3, 0.4) is 0 Å². The average molecular weight is 228 g/mol. The molecule has 0 saturated heterocycles. The van der Waals surface area contributed by atoms with Gasteiger partial charge in [-0.15, -0.1) is 0 Å². The van der Waals surface area contributed by atoms with E-state index >= 15 is 0 Å².